The van der Waals surface area contributed by atoms with Crippen LogP contribution in [0.25, 0.3) is 0 Å². The van der Waals surface area contributed by atoms with Gasteiger partial charge in [0.05, 0.1) is 6.54 Å². The van der Waals surface area contributed by atoms with Gasteiger partial charge >= 0.3 is 0 Å². The van der Waals surface area contributed by atoms with Gasteiger partial charge in [-0.1, -0.05) is 18.2 Å². The first-order chi connectivity index (χ1) is 11.1. The maximum atomic E-state index is 12.3. The van der Waals surface area contributed by atoms with E-state index in [0.29, 0.717) is 12.3 Å². The summed E-state index contributed by atoms with van der Waals surface area (Å²) in [6, 6.07) is 9.10. The first-order valence-electron chi connectivity index (χ1n) is 8.07. The molecule has 134 valence electrons. The van der Waals surface area contributed by atoms with Crippen molar-refractivity contribution in [1.82, 2.24) is 10.2 Å². The monoisotopic (exact) mass is 355 g/mol. The van der Waals surface area contributed by atoms with Crippen LogP contribution in [0.2, 0.25) is 0 Å². The largest absolute Gasteiger partial charge is 0.484 e. The Labute approximate surface area is 149 Å². The maximum absolute atomic E-state index is 12.3. The Morgan fingerprint density at radius 3 is 2.71 bits per heavy atom. The fourth-order valence-electron chi connectivity index (χ4n) is 2.81. The van der Waals surface area contributed by atoms with Gasteiger partial charge in [-0.2, -0.15) is 0 Å². The van der Waals surface area contributed by atoms with Gasteiger partial charge in [-0.3, -0.25) is 9.59 Å². The van der Waals surface area contributed by atoms with Gasteiger partial charge in [-0.05, 0) is 38.3 Å². The molecule has 1 aliphatic heterocycles. The Balaban J connectivity index is 0.00000288. The minimum Gasteiger partial charge on any atom is -0.484 e. The molecule has 1 saturated heterocycles. The molecule has 2 amide bonds. The fraction of sp³-hybridized carbons (Fsp3) is 0.529. The van der Waals surface area contributed by atoms with Gasteiger partial charge in [0, 0.05) is 18.6 Å². The molecule has 0 aliphatic carbocycles. The standard InChI is InChI=1S/C17H25N3O3.ClH/c1-13(18)15-9-5-6-10-20(15)17(22)11-19-16(21)12-23-14-7-3-2-4-8-14;/h2-4,7-8,13,15H,5-6,9-12,18H2,1H3,(H,19,21);1H. The van der Waals surface area contributed by atoms with E-state index in [2.05, 4.69) is 5.32 Å². The number of nitrogens with one attached hydrogen (secondary N) is 1. The zero-order valence-electron chi connectivity index (χ0n) is 13.9. The number of carbonyl (C=O) groups excluding carboxylic acids is 2. The zero-order valence-corrected chi connectivity index (χ0v) is 14.8. The Morgan fingerprint density at radius 2 is 2.04 bits per heavy atom. The minimum absolute atomic E-state index is 0. The third-order valence-corrected chi connectivity index (χ3v) is 4.03. The summed E-state index contributed by atoms with van der Waals surface area (Å²) >= 11 is 0. The van der Waals surface area contributed by atoms with Crippen molar-refractivity contribution in [2.75, 3.05) is 19.7 Å². The van der Waals surface area contributed by atoms with Crippen LogP contribution in [0.15, 0.2) is 30.3 Å². The fourth-order valence-corrected chi connectivity index (χ4v) is 2.81. The number of halogens is 1. The lowest BCUT2D eigenvalue weighted by atomic mass is 9.97. The van der Waals surface area contributed by atoms with Crippen molar-refractivity contribution in [2.24, 2.45) is 5.73 Å². The number of hydrogen-bond acceptors (Lipinski definition) is 4. The summed E-state index contributed by atoms with van der Waals surface area (Å²) in [5, 5.41) is 2.61. The van der Waals surface area contributed by atoms with Crippen LogP contribution in [-0.2, 0) is 9.59 Å². The Morgan fingerprint density at radius 1 is 1.33 bits per heavy atom. The number of para-hydroxylation sites is 1. The summed E-state index contributed by atoms with van der Waals surface area (Å²) in [7, 11) is 0. The number of carbonyl (C=O) groups is 2. The lowest BCUT2D eigenvalue weighted by molar-refractivity contribution is -0.136. The average Bonchev–Trinajstić information content (AvgIpc) is 2.58. The third kappa shape index (κ3) is 6.02. The number of benzene rings is 1. The van der Waals surface area contributed by atoms with E-state index in [1.165, 1.54) is 0 Å². The van der Waals surface area contributed by atoms with Crippen LogP contribution >= 0.6 is 12.4 Å². The molecule has 24 heavy (non-hydrogen) atoms. The SMILES string of the molecule is CC(N)C1CCCCN1C(=O)CNC(=O)COc1ccccc1.Cl. The van der Waals surface area contributed by atoms with Crippen molar-refractivity contribution >= 4 is 24.2 Å². The number of nitrogens with two attached hydrogens (primary N) is 1. The second-order valence-corrected chi connectivity index (χ2v) is 5.89. The normalized spacial score (nSPS) is 18.2. The lowest BCUT2D eigenvalue weighted by Crippen LogP contribution is -2.54. The predicted molar refractivity (Wildman–Crippen MR) is 95.2 cm³/mol. The van der Waals surface area contributed by atoms with Gasteiger partial charge < -0.3 is 20.7 Å². The second-order valence-electron chi connectivity index (χ2n) is 5.89. The van der Waals surface area contributed by atoms with Gasteiger partial charge in [0.25, 0.3) is 5.91 Å². The van der Waals surface area contributed by atoms with Gasteiger partial charge in [0.15, 0.2) is 6.61 Å². The van der Waals surface area contributed by atoms with Gasteiger partial charge in [0.1, 0.15) is 5.75 Å². The van der Waals surface area contributed by atoms with Gasteiger partial charge in [0.2, 0.25) is 5.91 Å². The molecule has 1 fully saturated rings. The number of piperidine rings is 1. The molecule has 0 spiro atoms. The molecule has 0 radical (unpaired) electrons. The highest BCUT2D eigenvalue weighted by Crippen LogP contribution is 2.18. The maximum Gasteiger partial charge on any atom is 0.258 e. The van der Waals surface area contributed by atoms with E-state index in [9.17, 15) is 9.59 Å². The van der Waals surface area contributed by atoms with Crippen LogP contribution in [0.3, 0.4) is 0 Å². The third-order valence-electron chi connectivity index (χ3n) is 4.03. The Bertz CT molecular complexity index is 525. The molecule has 3 N–H and O–H groups in total. The number of rotatable bonds is 6. The molecule has 1 aliphatic rings. The van der Waals surface area contributed by atoms with Crippen LogP contribution < -0.4 is 15.8 Å². The van der Waals surface area contributed by atoms with Crippen LogP contribution in [0.5, 0.6) is 5.75 Å². The Hall–Kier alpha value is -1.79. The van der Waals surface area contributed by atoms with Crippen molar-refractivity contribution in [1.29, 1.82) is 0 Å². The topological polar surface area (TPSA) is 84.7 Å². The summed E-state index contributed by atoms with van der Waals surface area (Å²) in [6.07, 6.45) is 3.00. The molecule has 2 atom stereocenters. The molecule has 0 aromatic heterocycles. The molecule has 7 heteroatoms. The number of nitrogens with zero attached hydrogens (tertiary/aromatic N) is 1. The van der Waals surface area contributed by atoms with Gasteiger partial charge in [-0.25, -0.2) is 0 Å². The van der Waals surface area contributed by atoms with E-state index in [4.69, 9.17) is 10.5 Å². The Kier molecular flexibility index (Phi) is 8.57. The summed E-state index contributed by atoms with van der Waals surface area (Å²) in [5.74, 6) is 0.235. The number of hydrogen-bond donors (Lipinski definition) is 2. The second kappa shape index (κ2) is 10.2. The highest BCUT2D eigenvalue weighted by Gasteiger charge is 2.29. The highest BCUT2D eigenvalue weighted by atomic mass is 35.5. The zero-order chi connectivity index (χ0) is 16.7. The van der Waals surface area contributed by atoms with E-state index in [-0.39, 0.29) is 49.5 Å². The summed E-state index contributed by atoms with van der Waals surface area (Å²) in [6.45, 7) is 2.51. The van der Waals surface area contributed by atoms with Crippen molar-refractivity contribution in [3.63, 3.8) is 0 Å². The molecule has 1 aromatic rings. The van der Waals surface area contributed by atoms with Crippen LogP contribution in [0.1, 0.15) is 26.2 Å². The number of likely N-dealkylation sites (tertiary alicyclic amines) is 1. The van der Waals surface area contributed by atoms with Gasteiger partial charge in [-0.15, -0.1) is 12.4 Å². The van der Waals surface area contributed by atoms with E-state index >= 15 is 0 Å². The van der Waals surface area contributed by atoms with Crippen molar-refractivity contribution in [3.05, 3.63) is 30.3 Å². The molecule has 1 heterocycles. The number of amides is 2. The van der Waals surface area contributed by atoms with Crippen molar-refractivity contribution in [2.45, 2.75) is 38.3 Å². The molecule has 2 rings (SSSR count). The van der Waals surface area contributed by atoms with E-state index in [0.717, 1.165) is 19.3 Å². The minimum atomic E-state index is -0.309. The summed E-state index contributed by atoms with van der Waals surface area (Å²) in [5.41, 5.74) is 5.96. The van der Waals surface area contributed by atoms with Crippen molar-refractivity contribution < 1.29 is 14.3 Å². The first-order valence-corrected chi connectivity index (χ1v) is 8.07. The quantitative estimate of drug-likeness (QED) is 0.806. The molecule has 0 saturated carbocycles. The smallest absolute Gasteiger partial charge is 0.258 e. The van der Waals surface area contributed by atoms with Crippen LogP contribution in [-0.4, -0.2) is 48.5 Å². The lowest BCUT2D eigenvalue weighted by Gasteiger charge is -2.38. The van der Waals surface area contributed by atoms with E-state index < -0.39 is 0 Å². The average molecular weight is 356 g/mol. The summed E-state index contributed by atoms with van der Waals surface area (Å²) < 4.78 is 5.35. The highest BCUT2D eigenvalue weighted by molar-refractivity contribution is 5.86. The van der Waals surface area contributed by atoms with E-state index in [1.807, 2.05) is 25.1 Å². The summed E-state index contributed by atoms with van der Waals surface area (Å²) in [4.78, 5) is 25.9. The predicted octanol–water partition coefficient (Wildman–Crippen LogP) is 1.33. The van der Waals surface area contributed by atoms with Crippen LogP contribution in [0.4, 0.5) is 0 Å². The molecule has 0 bridgehead atoms. The first kappa shape index (κ1) is 20.3. The molecule has 2 unspecified atom stereocenters. The molecular weight excluding hydrogens is 330 g/mol. The van der Waals surface area contributed by atoms with Crippen LogP contribution in [0, 0.1) is 0 Å². The molecule has 1 aromatic carbocycles. The molecule has 6 nitrogen and oxygen atoms in total. The van der Waals surface area contributed by atoms with E-state index in [1.54, 1.807) is 17.0 Å². The van der Waals surface area contributed by atoms with Crippen molar-refractivity contribution in [3.8, 4) is 5.75 Å². The molecular formula is C17H26ClN3O3. The number of ether oxygens (including phenoxy) is 1.